The molecule has 0 bridgehead atoms. The zero-order valence-electron chi connectivity index (χ0n) is 12.4. The van der Waals surface area contributed by atoms with Crippen LogP contribution in [-0.4, -0.2) is 59.2 Å². The number of rotatable bonds is 2. The van der Waals surface area contributed by atoms with Gasteiger partial charge in [-0.05, 0) is 39.5 Å². The second-order valence-corrected chi connectivity index (χ2v) is 7.25. The van der Waals surface area contributed by atoms with Crippen molar-refractivity contribution in [2.45, 2.75) is 62.1 Å². The average molecular weight is 286 g/mol. The quantitative estimate of drug-likeness (QED) is 0.558. The van der Waals surface area contributed by atoms with E-state index < -0.39 is 0 Å². The molecule has 2 aliphatic heterocycles. The largest absolute Gasteiger partial charge is 0.394 e. The Morgan fingerprint density at radius 3 is 1.40 bits per heavy atom. The lowest BCUT2D eigenvalue weighted by Gasteiger charge is -2.43. The second-order valence-electron chi connectivity index (χ2n) is 7.25. The van der Waals surface area contributed by atoms with E-state index in [1.165, 1.54) is 0 Å². The molecule has 0 radical (unpaired) electrons. The van der Waals surface area contributed by atoms with Crippen molar-refractivity contribution in [3.8, 4) is 0 Å². The van der Waals surface area contributed by atoms with Gasteiger partial charge in [0.2, 0.25) is 0 Å². The molecule has 0 aromatic rings. The van der Waals surface area contributed by atoms with E-state index in [2.05, 4.69) is 10.6 Å². The van der Waals surface area contributed by atoms with Crippen LogP contribution in [0.5, 0.6) is 0 Å². The van der Waals surface area contributed by atoms with E-state index in [0.717, 1.165) is 25.7 Å². The highest BCUT2D eigenvalue weighted by molar-refractivity contribution is 5.06. The Morgan fingerprint density at radius 2 is 1.15 bits per heavy atom. The fourth-order valence-corrected chi connectivity index (χ4v) is 3.61. The van der Waals surface area contributed by atoms with E-state index in [1.54, 1.807) is 0 Å². The molecule has 6 heteroatoms. The molecular weight excluding hydrogens is 260 g/mol. The maximum absolute atomic E-state index is 9.44. The van der Waals surface area contributed by atoms with Gasteiger partial charge < -0.3 is 19.7 Å². The van der Waals surface area contributed by atoms with Crippen molar-refractivity contribution in [3.63, 3.8) is 0 Å². The Kier molecular flexibility index (Phi) is 3.40. The predicted octanol–water partition coefficient (Wildman–Crippen LogP) is -0.305. The first-order chi connectivity index (χ1) is 9.36. The van der Waals surface area contributed by atoms with Crippen molar-refractivity contribution in [1.29, 1.82) is 0 Å². The monoisotopic (exact) mass is 286 g/mol. The standard InChI is InChI=1S/C14H26N2O4/c1-11(7-17)9-19-13(15-11)3-5-14(6-4-13)16-12(2,8-18)10-20-14/h15-18H,3-10H2,1-2H3/t11-,12-,13?,14?/m1/s1. The third-order valence-corrected chi connectivity index (χ3v) is 4.96. The van der Waals surface area contributed by atoms with Crippen LogP contribution >= 0.6 is 0 Å². The van der Waals surface area contributed by atoms with Crippen LogP contribution in [0, 0.1) is 0 Å². The van der Waals surface area contributed by atoms with E-state index >= 15 is 0 Å². The topological polar surface area (TPSA) is 83.0 Å². The highest BCUT2D eigenvalue weighted by Crippen LogP contribution is 2.43. The molecule has 2 heterocycles. The van der Waals surface area contributed by atoms with Crippen LogP contribution in [-0.2, 0) is 9.47 Å². The van der Waals surface area contributed by atoms with Gasteiger partial charge in [0.25, 0.3) is 0 Å². The van der Waals surface area contributed by atoms with Crippen LogP contribution in [0.1, 0.15) is 39.5 Å². The van der Waals surface area contributed by atoms with Gasteiger partial charge in [-0.3, -0.25) is 10.6 Å². The Morgan fingerprint density at radius 1 is 0.800 bits per heavy atom. The lowest BCUT2D eigenvalue weighted by Crippen LogP contribution is -2.59. The molecule has 1 saturated carbocycles. The summed E-state index contributed by atoms with van der Waals surface area (Å²) in [5, 5.41) is 25.8. The Balaban J connectivity index is 1.64. The molecule has 0 aromatic heterocycles. The zero-order valence-corrected chi connectivity index (χ0v) is 12.4. The Bertz CT molecular complexity index is 347. The fraction of sp³-hybridized carbons (Fsp3) is 1.00. The molecule has 4 N–H and O–H groups in total. The molecule has 116 valence electrons. The van der Waals surface area contributed by atoms with Crippen LogP contribution in [0.3, 0.4) is 0 Å². The van der Waals surface area contributed by atoms with Crippen molar-refractivity contribution in [2.75, 3.05) is 26.4 Å². The van der Waals surface area contributed by atoms with Gasteiger partial charge in [-0.15, -0.1) is 0 Å². The highest BCUT2D eigenvalue weighted by Gasteiger charge is 2.54. The lowest BCUT2D eigenvalue weighted by atomic mass is 9.84. The minimum atomic E-state index is -0.339. The van der Waals surface area contributed by atoms with E-state index in [0.29, 0.717) is 13.2 Å². The maximum atomic E-state index is 9.44. The van der Waals surface area contributed by atoms with Crippen LogP contribution in [0.2, 0.25) is 0 Å². The summed E-state index contributed by atoms with van der Waals surface area (Å²) < 4.78 is 11.9. The van der Waals surface area contributed by atoms with Crippen molar-refractivity contribution in [1.82, 2.24) is 10.6 Å². The molecule has 0 amide bonds. The van der Waals surface area contributed by atoms with Crippen LogP contribution in [0.25, 0.3) is 0 Å². The van der Waals surface area contributed by atoms with E-state index in [-0.39, 0.29) is 35.7 Å². The number of nitrogens with one attached hydrogen (secondary N) is 2. The summed E-state index contributed by atoms with van der Waals surface area (Å²) in [5.41, 5.74) is -1.33. The lowest BCUT2D eigenvalue weighted by molar-refractivity contribution is -0.115. The van der Waals surface area contributed by atoms with Crippen LogP contribution in [0.15, 0.2) is 0 Å². The highest BCUT2D eigenvalue weighted by atomic mass is 16.5. The summed E-state index contributed by atoms with van der Waals surface area (Å²) >= 11 is 0. The first-order valence-corrected chi connectivity index (χ1v) is 7.45. The second kappa shape index (κ2) is 4.63. The van der Waals surface area contributed by atoms with Gasteiger partial charge in [0.15, 0.2) is 0 Å². The summed E-state index contributed by atoms with van der Waals surface area (Å²) in [7, 11) is 0. The van der Waals surface area contributed by atoms with Gasteiger partial charge in [0.05, 0.1) is 37.5 Å². The van der Waals surface area contributed by atoms with Gasteiger partial charge in [0.1, 0.15) is 11.4 Å². The summed E-state index contributed by atoms with van der Waals surface area (Å²) in [4.78, 5) is 0. The molecule has 2 saturated heterocycles. The minimum Gasteiger partial charge on any atom is -0.394 e. The van der Waals surface area contributed by atoms with Gasteiger partial charge >= 0.3 is 0 Å². The maximum Gasteiger partial charge on any atom is 0.120 e. The average Bonchev–Trinajstić information content (AvgIpc) is 2.96. The molecule has 3 fully saturated rings. The van der Waals surface area contributed by atoms with Crippen molar-refractivity contribution >= 4 is 0 Å². The normalized spacial score (nSPS) is 52.2. The summed E-state index contributed by atoms with van der Waals surface area (Å²) in [6.45, 7) is 5.21. The van der Waals surface area contributed by atoms with Crippen molar-refractivity contribution < 1.29 is 19.7 Å². The first kappa shape index (κ1) is 14.7. The van der Waals surface area contributed by atoms with Crippen LogP contribution in [0.4, 0.5) is 0 Å². The van der Waals surface area contributed by atoms with Crippen molar-refractivity contribution in [3.05, 3.63) is 0 Å². The van der Waals surface area contributed by atoms with E-state index in [1.807, 2.05) is 13.8 Å². The SMILES string of the molecule is C[C@@]1(CO)COC2(CCC3(CC2)N[C@](C)(CO)CO3)N1. The molecule has 0 aromatic carbocycles. The number of ether oxygens (including phenoxy) is 2. The minimum absolute atomic E-state index is 0.0806. The summed E-state index contributed by atoms with van der Waals surface area (Å²) in [5.74, 6) is 0. The summed E-state index contributed by atoms with van der Waals surface area (Å²) in [6, 6.07) is 0. The number of hydrogen-bond donors (Lipinski definition) is 4. The fourth-order valence-electron chi connectivity index (χ4n) is 3.61. The van der Waals surface area contributed by atoms with Gasteiger partial charge in [-0.25, -0.2) is 0 Å². The van der Waals surface area contributed by atoms with Crippen molar-refractivity contribution in [2.24, 2.45) is 0 Å². The van der Waals surface area contributed by atoms with Gasteiger partial charge in [-0.2, -0.15) is 0 Å². The number of aliphatic hydroxyl groups excluding tert-OH is 2. The van der Waals surface area contributed by atoms with E-state index in [4.69, 9.17) is 9.47 Å². The molecule has 3 aliphatic rings. The van der Waals surface area contributed by atoms with Gasteiger partial charge in [-0.1, -0.05) is 0 Å². The zero-order chi connectivity index (χ0) is 14.5. The molecule has 2 spiro atoms. The first-order valence-electron chi connectivity index (χ1n) is 7.45. The van der Waals surface area contributed by atoms with Gasteiger partial charge in [0, 0.05) is 0 Å². The van der Waals surface area contributed by atoms with Crippen LogP contribution < -0.4 is 10.6 Å². The Labute approximate surface area is 119 Å². The molecular formula is C14H26N2O4. The third-order valence-electron chi connectivity index (χ3n) is 4.96. The summed E-state index contributed by atoms with van der Waals surface area (Å²) in [6.07, 6.45) is 3.38. The molecule has 6 nitrogen and oxygen atoms in total. The molecule has 3 rings (SSSR count). The smallest absolute Gasteiger partial charge is 0.120 e. The third kappa shape index (κ3) is 2.38. The number of hydrogen-bond acceptors (Lipinski definition) is 6. The molecule has 0 unspecified atom stereocenters. The molecule has 1 aliphatic carbocycles. The molecule has 20 heavy (non-hydrogen) atoms. The predicted molar refractivity (Wildman–Crippen MR) is 73.1 cm³/mol. The number of aliphatic hydroxyl groups is 2. The molecule has 2 atom stereocenters. The van der Waals surface area contributed by atoms with E-state index in [9.17, 15) is 10.2 Å². The Hall–Kier alpha value is -0.240.